The molecule has 5 aliphatic carbocycles. The van der Waals surface area contributed by atoms with Crippen LogP contribution in [-0.2, 0) is 14.6 Å². The van der Waals surface area contributed by atoms with Crippen molar-refractivity contribution in [1.29, 1.82) is 0 Å². The van der Waals surface area contributed by atoms with Crippen LogP contribution in [0, 0.1) is 51.2 Å². The highest BCUT2D eigenvalue weighted by Gasteiger charge is 2.70. The number of hydrogen-bond acceptors (Lipinski definition) is 6. The van der Waals surface area contributed by atoms with E-state index in [-0.39, 0.29) is 45.0 Å². The quantitative estimate of drug-likeness (QED) is 0.161. The van der Waals surface area contributed by atoms with Crippen LogP contribution in [0.3, 0.4) is 0 Å². The summed E-state index contributed by atoms with van der Waals surface area (Å²) >= 11 is 0. The molecule has 1 aromatic carbocycles. The molecule has 10 atom stereocenters. The summed E-state index contributed by atoms with van der Waals surface area (Å²) in [5, 5.41) is 7.74. The van der Waals surface area contributed by atoms with Crippen LogP contribution in [0.5, 0.6) is 0 Å². The molecule has 7 rings (SSSR count). The molecule has 0 amide bonds. The molecule has 0 radical (unpaired) electrons. The van der Waals surface area contributed by atoms with Crippen molar-refractivity contribution in [3.63, 3.8) is 0 Å². The monoisotopic (exact) mass is 704 g/mol. The molecular weight excluding hydrogens is 641 g/mol. The zero-order valence-corrected chi connectivity index (χ0v) is 32.8. The number of carbonyl (C=O) groups is 1. The van der Waals surface area contributed by atoms with Crippen LogP contribution in [-0.4, -0.2) is 57.7 Å². The van der Waals surface area contributed by atoms with E-state index in [1.165, 1.54) is 75.2 Å². The molecule has 6 aliphatic rings. The van der Waals surface area contributed by atoms with Gasteiger partial charge in [0.05, 0.1) is 24.2 Å². The third-order valence-corrected chi connectivity index (χ3v) is 18.3. The van der Waals surface area contributed by atoms with Gasteiger partial charge in [-0.1, -0.05) is 65.0 Å². The normalized spacial score (nSPS) is 42.7. The van der Waals surface area contributed by atoms with E-state index < -0.39 is 9.84 Å². The van der Waals surface area contributed by atoms with Crippen molar-refractivity contribution >= 4 is 21.4 Å². The topological polar surface area (TPSA) is 84.5 Å². The Morgan fingerprint density at radius 1 is 0.900 bits per heavy atom. The zero-order valence-electron chi connectivity index (χ0n) is 32.0. The summed E-state index contributed by atoms with van der Waals surface area (Å²) in [4.78, 5) is 12.1. The molecule has 4 saturated carbocycles. The smallest absolute Gasteiger partial charge is 0.337 e. The van der Waals surface area contributed by atoms with Gasteiger partial charge in [0, 0.05) is 24.7 Å². The first kappa shape index (κ1) is 36.4. The molecule has 7 heteroatoms. The van der Waals surface area contributed by atoms with Crippen molar-refractivity contribution in [3.8, 4) is 0 Å². The van der Waals surface area contributed by atoms with Crippen LogP contribution in [0.15, 0.2) is 42.5 Å². The van der Waals surface area contributed by atoms with Crippen LogP contribution < -0.4 is 10.6 Å². The first-order valence-electron chi connectivity index (χ1n) is 19.7. The molecule has 4 unspecified atom stereocenters. The van der Waals surface area contributed by atoms with Gasteiger partial charge in [-0.25, -0.2) is 13.2 Å². The highest BCUT2D eigenvalue weighted by Crippen LogP contribution is 2.76. The van der Waals surface area contributed by atoms with E-state index in [9.17, 15) is 13.2 Å². The average Bonchev–Trinajstić information content (AvgIpc) is 3.62. The summed E-state index contributed by atoms with van der Waals surface area (Å²) in [5.41, 5.74) is 5.65. The van der Waals surface area contributed by atoms with Crippen molar-refractivity contribution in [2.45, 2.75) is 117 Å². The minimum atomic E-state index is -2.87. The first-order valence-corrected chi connectivity index (χ1v) is 21.6. The van der Waals surface area contributed by atoms with Crippen LogP contribution in [0.4, 0.5) is 0 Å². The van der Waals surface area contributed by atoms with E-state index in [4.69, 9.17) is 4.74 Å². The molecule has 0 spiro atoms. The summed E-state index contributed by atoms with van der Waals surface area (Å²) in [5.74, 6) is 3.48. The number of fused-ring (bicyclic) bond motifs is 7. The summed E-state index contributed by atoms with van der Waals surface area (Å²) < 4.78 is 29.0. The molecule has 6 nitrogen and oxygen atoms in total. The van der Waals surface area contributed by atoms with Gasteiger partial charge < -0.3 is 15.4 Å². The average molecular weight is 705 g/mol. The van der Waals surface area contributed by atoms with Crippen LogP contribution >= 0.6 is 0 Å². The minimum absolute atomic E-state index is 0.0394. The molecule has 2 N–H and O–H groups in total. The molecule has 0 bridgehead atoms. The molecule has 50 heavy (non-hydrogen) atoms. The Hall–Kier alpha value is -1.96. The molecule has 1 saturated heterocycles. The zero-order chi connectivity index (χ0) is 35.9. The predicted molar refractivity (Wildman–Crippen MR) is 203 cm³/mol. The number of carbonyl (C=O) groups excluding carboxylic acids is 1. The lowest BCUT2D eigenvalue weighted by molar-refractivity contribution is -0.219. The number of hydrogen-bond donors (Lipinski definition) is 2. The van der Waals surface area contributed by atoms with Crippen molar-refractivity contribution in [1.82, 2.24) is 10.6 Å². The van der Waals surface area contributed by atoms with Gasteiger partial charge in [0.2, 0.25) is 0 Å². The van der Waals surface area contributed by atoms with Crippen LogP contribution in [0.2, 0.25) is 0 Å². The Labute approximate surface area is 303 Å². The van der Waals surface area contributed by atoms with E-state index in [0.717, 1.165) is 25.9 Å². The van der Waals surface area contributed by atoms with Crippen molar-refractivity contribution in [2.24, 2.45) is 51.2 Å². The van der Waals surface area contributed by atoms with Crippen molar-refractivity contribution in [3.05, 3.63) is 53.6 Å². The molecule has 5 fully saturated rings. The molecule has 0 aromatic heterocycles. The maximum absolute atomic E-state index is 12.1. The van der Waals surface area contributed by atoms with Gasteiger partial charge in [-0.2, -0.15) is 0 Å². The molecule has 1 aliphatic heterocycles. The fourth-order valence-corrected chi connectivity index (χ4v) is 15.7. The third-order valence-electron chi connectivity index (χ3n) is 16.5. The van der Waals surface area contributed by atoms with Gasteiger partial charge in [-0.3, -0.25) is 0 Å². The Morgan fingerprint density at radius 3 is 2.30 bits per heavy atom. The van der Waals surface area contributed by atoms with Crippen molar-refractivity contribution < 1.29 is 17.9 Å². The van der Waals surface area contributed by atoms with E-state index in [2.05, 4.69) is 77.0 Å². The number of ether oxygens (including phenoxy) is 1. The third kappa shape index (κ3) is 5.52. The number of benzene rings is 1. The largest absolute Gasteiger partial charge is 0.465 e. The highest BCUT2D eigenvalue weighted by atomic mass is 32.2. The van der Waals surface area contributed by atoms with E-state index >= 15 is 0 Å². The number of methoxy groups -OCH3 is 1. The highest BCUT2D eigenvalue weighted by molar-refractivity contribution is 7.91. The lowest BCUT2D eigenvalue weighted by Gasteiger charge is -2.72. The van der Waals surface area contributed by atoms with Crippen molar-refractivity contribution in [2.75, 3.05) is 31.7 Å². The van der Waals surface area contributed by atoms with Gasteiger partial charge in [0.15, 0.2) is 9.84 Å². The standard InChI is InChI=1S/C43H64N2O4S/c1-28(2)32-15-21-43(45-25-24-44-31-18-26-50(47,48)27-31)23-22-41(6)34(37(32)43)13-14-36-40(5)19-16-33(29-9-11-30(12-10-29)38(46)49-8)39(3,4)35(40)17-20-42(36,41)7/h9-12,16,31-32,34-37,44-45H,1,13-15,17-27H2,2-8H3/t31?,32-,34+,35?,36?,37?,40-,41+,42+,43-/m0/s1. The maximum Gasteiger partial charge on any atom is 0.337 e. The number of nitrogens with one attached hydrogen (secondary N) is 2. The maximum atomic E-state index is 12.1. The Morgan fingerprint density at radius 2 is 1.64 bits per heavy atom. The number of allylic oxidation sites excluding steroid dienone is 3. The molecule has 1 aromatic rings. The second kappa shape index (κ2) is 12.6. The molecule has 276 valence electrons. The van der Waals surface area contributed by atoms with E-state index in [1.807, 2.05) is 12.1 Å². The summed E-state index contributed by atoms with van der Waals surface area (Å²) in [7, 11) is -1.43. The summed E-state index contributed by atoms with van der Waals surface area (Å²) in [6, 6.07) is 8.19. The second-order valence-electron chi connectivity index (χ2n) is 18.9. The Kier molecular flexibility index (Phi) is 9.16. The number of rotatable bonds is 8. The van der Waals surface area contributed by atoms with E-state index in [0.29, 0.717) is 40.9 Å². The molecular formula is C43H64N2O4S. The number of sulfone groups is 1. The fraction of sp³-hybridized carbons (Fsp3) is 0.744. The minimum Gasteiger partial charge on any atom is -0.465 e. The van der Waals surface area contributed by atoms with Gasteiger partial charge >= 0.3 is 5.97 Å². The summed E-state index contributed by atoms with van der Waals surface area (Å²) in [6.45, 7) is 21.7. The SMILES string of the molecule is C=C(C)[C@@H]1CC[C@]2(NCCNC3CCS(=O)(=O)C3)CC[C@]3(C)[C@H](CCC4[C@@]5(C)CC=C(c6ccc(C(=O)OC)cc6)C(C)(C)C5CC[C@]43C)C12. The van der Waals surface area contributed by atoms with Crippen LogP contribution in [0.25, 0.3) is 5.57 Å². The molecule has 1 heterocycles. The predicted octanol–water partition coefficient (Wildman–Crippen LogP) is 8.24. The van der Waals surface area contributed by atoms with Gasteiger partial charge in [0.25, 0.3) is 0 Å². The Balaban J connectivity index is 1.13. The van der Waals surface area contributed by atoms with Gasteiger partial charge in [-0.15, -0.1) is 0 Å². The lowest BCUT2D eigenvalue weighted by Crippen LogP contribution is -2.68. The fourth-order valence-electron chi connectivity index (χ4n) is 14.0. The second-order valence-corrected chi connectivity index (χ2v) is 21.2. The Bertz CT molecular complexity index is 1650. The van der Waals surface area contributed by atoms with Gasteiger partial charge in [0.1, 0.15) is 0 Å². The van der Waals surface area contributed by atoms with Crippen LogP contribution in [0.1, 0.15) is 122 Å². The van der Waals surface area contributed by atoms with E-state index in [1.54, 1.807) is 0 Å². The first-order chi connectivity index (χ1) is 23.5. The summed E-state index contributed by atoms with van der Waals surface area (Å²) in [6.07, 6.45) is 14.6. The number of esters is 1. The lowest BCUT2D eigenvalue weighted by atomic mass is 9.33. The van der Waals surface area contributed by atoms with Gasteiger partial charge in [-0.05, 0) is 146 Å².